The highest BCUT2D eigenvalue weighted by atomic mass is 79.9. The molecule has 1 atom stereocenters. The SMILES string of the molecule is Brc1ccc(-c2nn3c(C4COc5ccccc5O4)nnc3s2)cc1. The van der Waals surface area contributed by atoms with Gasteiger partial charge >= 0.3 is 0 Å². The number of ether oxygens (including phenoxy) is 2. The van der Waals surface area contributed by atoms with Crippen molar-refractivity contribution >= 4 is 32.2 Å². The minimum atomic E-state index is -0.343. The molecular weight excluding hydrogens is 404 g/mol. The summed E-state index contributed by atoms with van der Waals surface area (Å²) >= 11 is 4.94. The summed E-state index contributed by atoms with van der Waals surface area (Å²) in [6.07, 6.45) is -0.343. The summed E-state index contributed by atoms with van der Waals surface area (Å²) in [5.74, 6) is 2.09. The predicted octanol–water partition coefficient (Wildman–Crippen LogP) is 4.13. The average Bonchev–Trinajstić information content (AvgIpc) is 3.22. The first-order valence-corrected chi connectivity index (χ1v) is 9.25. The highest BCUT2D eigenvalue weighted by molar-refractivity contribution is 9.10. The molecule has 25 heavy (non-hydrogen) atoms. The smallest absolute Gasteiger partial charge is 0.235 e. The van der Waals surface area contributed by atoms with E-state index < -0.39 is 0 Å². The zero-order chi connectivity index (χ0) is 16.8. The van der Waals surface area contributed by atoms with Crippen molar-refractivity contribution in [1.82, 2.24) is 19.8 Å². The number of nitrogens with zero attached hydrogens (tertiary/aromatic N) is 4. The van der Waals surface area contributed by atoms with Crippen molar-refractivity contribution in [3.8, 4) is 22.1 Å². The molecule has 1 aliphatic heterocycles. The molecule has 1 aliphatic rings. The molecule has 0 saturated carbocycles. The minimum Gasteiger partial charge on any atom is -0.485 e. The summed E-state index contributed by atoms with van der Waals surface area (Å²) in [6.45, 7) is 0.378. The van der Waals surface area contributed by atoms with Crippen LogP contribution in [0.3, 0.4) is 0 Å². The summed E-state index contributed by atoms with van der Waals surface area (Å²) in [5, 5.41) is 14.0. The molecule has 5 rings (SSSR count). The number of halogens is 1. The van der Waals surface area contributed by atoms with Crippen molar-refractivity contribution < 1.29 is 9.47 Å². The summed E-state index contributed by atoms with van der Waals surface area (Å²) in [7, 11) is 0. The number of aromatic nitrogens is 4. The first kappa shape index (κ1) is 14.9. The van der Waals surface area contributed by atoms with Gasteiger partial charge in [0.2, 0.25) is 4.96 Å². The molecule has 0 amide bonds. The van der Waals surface area contributed by atoms with E-state index in [1.54, 1.807) is 4.52 Å². The van der Waals surface area contributed by atoms with Crippen LogP contribution in [0, 0.1) is 0 Å². The van der Waals surface area contributed by atoms with Crippen LogP contribution in [0.2, 0.25) is 0 Å². The van der Waals surface area contributed by atoms with Crippen LogP contribution < -0.4 is 9.47 Å². The van der Waals surface area contributed by atoms with E-state index in [1.807, 2.05) is 48.5 Å². The summed E-state index contributed by atoms with van der Waals surface area (Å²) < 4.78 is 14.6. The van der Waals surface area contributed by atoms with Crippen LogP contribution in [-0.4, -0.2) is 26.4 Å². The number of rotatable bonds is 2. The lowest BCUT2D eigenvalue weighted by Crippen LogP contribution is -2.23. The van der Waals surface area contributed by atoms with Crippen LogP contribution in [0.1, 0.15) is 11.9 Å². The summed E-state index contributed by atoms with van der Waals surface area (Å²) in [5.41, 5.74) is 1.04. The minimum absolute atomic E-state index is 0.343. The molecule has 0 saturated heterocycles. The Labute approximate surface area is 155 Å². The van der Waals surface area contributed by atoms with Crippen LogP contribution in [-0.2, 0) is 0 Å². The molecule has 6 nitrogen and oxygen atoms in total. The molecule has 3 heterocycles. The Balaban J connectivity index is 1.51. The van der Waals surface area contributed by atoms with E-state index in [9.17, 15) is 0 Å². The van der Waals surface area contributed by atoms with Crippen molar-refractivity contribution in [2.45, 2.75) is 6.10 Å². The quantitative estimate of drug-likeness (QED) is 0.493. The fraction of sp³-hybridized carbons (Fsp3) is 0.118. The molecule has 0 aliphatic carbocycles. The number of hydrogen-bond acceptors (Lipinski definition) is 6. The first-order chi connectivity index (χ1) is 12.3. The topological polar surface area (TPSA) is 61.5 Å². The third kappa shape index (κ3) is 2.58. The van der Waals surface area contributed by atoms with E-state index in [0.717, 1.165) is 25.8 Å². The van der Waals surface area contributed by atoms with E-state index in [0.29, 0.717) is 18.2 Å². The second kappa shape index (κ2) is 5.82. The highest BCUT2D eigenvalue weighted by Crippen LogP contribution is 2.36. The Hall–Kier alpha value is -2.45. The Kier molecular flexibility index (Phi) is 3.46. The van der Waals surface area contributed by atoms with Gasteiger partial charge in [-0.1, -0.05) is 51.5 Å². The second-order valence-corrected chi connectivity index (χ2v) is 7.40. The monoisotopic (exact) mass is 414 g/mol. The molecule has 0 N–H and O–H groups in total. The number of para-hydroxylation sites is 2. The average molecular weight is 415 g/mol. The molecule has 0 bridgehead atoms. The van der Waals surface area contributed by atoms with Gasteiger partial charge in [0.05, 0.1) is 0 Å². The Morgan fingerprint density at radius 2 is 1.84 bits per heavy atom. The van der Waals surface area contributed by atoms with Gasteiger partial charge in [-0.25, -0.2) is 0 Å². The third-order valence-corrected chi connectivity index (χ3v) is 5.38. The summed E-state index contributed by atoms with van der Waals surface area (Å²) in [6, 6.07) is 15.6. The third-order valence-electron chi connectivity index (χ3n) is 3.90. The number of fused-ring (bicyclic) bond motifs is 2. The molecule has 124 valence electrons. The van der Waals surface area contributed by atoms with Crippen LogP contribution >= 0.6 is 27.3 Å². The normalized spacial score (nSPS) is 16.3. The molecule has 0 radical (unpaired) electrons. The van der Waals surface area contributed by atoms with Crippen LogP contribution in [0.15, 0.2) is 53.0 Å². The van der Waals surface area contributed by atoms with Crippen molar-refractivity contribution in [3.05, 3.63) is 58.8 Å². The first-order valence-electron chi connectivity index (χ1n) is 7.64. The maximum absolute atomic E-state index is 6.03. The van der Waals surface area contributed by atoms with E-state index in [-0.39, 0.29) is 6.10 Å². The lowest BCUT2D eigenvalue weighted by atomic mass is 10.2. The summed E-state index contributed by atoms with van der Waals surface area (Å²) in [4.78, 5) is 0.732. The molecule has 1 unspecified atom stereocenters. The fourth-order valence-corrected chi connectivity index (χ4v) is 3.80. The molecule has 2 aromatic carbocycles. The van der Waals surface area contributed by atoms with Crippen molar-refractivity contribution in [1.29, 1.82) is 0 Å². The van der Waals surface area contributed by atoms with E-state index in [1.165, 1.54) is 11.3 Å². The maximum Gasteiger partial charge on any atom is 0.235 e. The Bertz CT molecular complexity index is 1060. The van der Waals surface area contributed by atoms with Gasteiger partial charge in [0.1, 0.15) is 11.6 Å². The predicted molar refractivity (Wildman–Crippen MR) is 97.1 cm³/mol. The van der Waals surface area contributed by atoms with Gasteiger partial charge in [0.15, 0.2) is 23.4 Å². The zero-order valence-corrected chi connectivity index (χ0v) is 15.2. The Morgan fingerprint density at radius 1 is 1.04 bits per heavy atom. The molecule has 8 heteroatoms. The lowest BCUT2D eigenvalue weighted by Gasteiger charge is -2.24. The lowest BCUT2D eigenvalue weighted by molar-refractivity contribution is 0.0836. The highest BCUT2D eigenvalue weighted by Gasteiger charge is 2.28. The molecule has 2 aromatic heterocycles. The van der Waals surface area contributed by atoms with Crippen molar-refractivity contribution in [2.75, 3.05) is 6.61 Å². The number of benzene rings is 2. The molecular formula is C17H11BrN4O2S. The van der Waals surface area contributed by atoms with Gasteiger partial charge in [0.25, 0.3) is 0 Å². The van der Waals surface area contributed by atoms with Gasteiger partial charge in [-0.05, 0) is 24.3 Å². The van der Waals surface area contributed by atoms with E-state index in [2.05, 4.69) is 31.2 Å². The van der Waals surface area contributed by atoms with Gasteiger partial charge in [-0.15, -0.1) is 10.2 Å². The van der Waals surface area contributed by atoms with E-state index in [4.69, 9.17) is 9.47 Å². The Morgan fingerprint density at radius 3 is 2.68 bits per heavy atom. The molecule has 4 aromatic rings. The van der Waals surface area contributed by atoms with Crippen LogP contribution in [0.4, 0.5) is 0 Å². The fourth-order valence-electron chi connectivity index (χ4n) is 2.69. The largest absolute Gasteiger partial charge is 0.485 e. The number of hydrogen-bond donors (Lipinski definition) is 0. The van der Waals surface area contributed by atoms with Gasteiger partial charge in [-0.2, -0.15) is 9.61 Å². The van der Waals surface area contributed by atoms with Gasteiger partial charge in [0, 0.05) is 10.0 Å². The zero-order valence-electron chi connectivity index (χ0n) is 12.8. The molecule has 0 fully saturated rings. The second-order valence-electron chi connectivity index (χ2n) is 5.53. The van der Waals surface area contributed by atoms with Crippen molar-refractivity contribution in [3.63, 3.8) is 0 Å². The molecule has 0 spiro atoms. The van der Waals surface area contributed by atoms with Crippen LogP contribution in [0.25, 0.3) is 15.5 Å². The van der Waals surface area contributed by atoms with Gasteiger partial charge < -0.3 is 9.47 Å². The van der Waals surface area contributed by atoms with Crippen LogP contribution in [0.5, 0.6) is 11.5 Å². The van der Waals surface area contributed by atoms with Crippen molar-refractivity contribution in [2.24, 2.45) is 0 Å². The van der Waals surface area contributed by atoms with E-state index >= 15 is 0 Å². The van der Waals surface area contributed by atoms with Gasteiger partial charge in [-0.3, -0.25) is 0 Å². The maximum atomic E-state index is 6.03. The standard InChI is InChI=1S/C17H11BrN4O2S/c18-11-7-5-10(6-8-11)16-21-22-15(19-20-17(22)25-16)14-9-23-12-3-1-2-4-13(12)24-14/h1-8,14H,9H2.